The lowest BCUT2D eigenvalue weighted by molar-refractivity contribution is -0.117. The van der Waals surface area contributed by atoms with Crippen LogP contribution in [0.3, 0.4) is 0 Å². The van der Waals surface area contributed by atoms with Gasteiger partial charge in [0, 0.05) is 31.1 Å². The van der Waals surface area contributed by atoms with E-state index in [4.69, 9.17) is 14.2 Å². The first-order chi connectivity index (χ1) is 10.1. The second kappa shape index (κ2) is 8.77. The molecule has 2 rings (SSSR count). The largest absolute Gasteiger partial charge is 0.494 e. The third-order valence-corrected chi connectivity index (χ3v) is 3.18. The topological polar surface area (TPSA) is 68.8 Å². The molecule has 1 aliphatic heterocycles. The summed E-state index contributed by atoms with van der Waals surface area (Å²) < 4.78 is 29.0. The highest BCUT2D eigenvalue weighted by molar-refractivity contribution is 5.92. The Morgan fingerprint density at radius 2 is 2.14 bits per heavy atom. The van der Waals surface area contributed by atoms with Crippen LogP contribution in [0.2, 0.25) is 0 Å². The Labute approximate surface area is 134 Å². The molecule has 22 heavy (non-hydrogen) atoms. The van der Waals surface area contributed by atoms with Gasteiger partial charge in [-0.15, -0.1) is 12.4 Å². The number of morpholine rings is 1. The highest BCUT2D eigenvalue weighted by Gasteiger charge is 2.19. The molecule has 1 aromatic rings. The van der Waals surface area contributed by atoms with Crippen LogP contribution in [0.1, 0.15) is 6.42 Å². The molecule has 2 N–H and O–H groups in total. The Morgan fingerprint density at radius 1 is 1.41 bits per heavy atom. The van der Waals surface area contributed by atoms with E-state index in [1.165, 1.54) is 26.4 Å². The van der Waals surface area contributed by atoms with Gasteiger partial charge in [0.05, 0.1) is 33.1 Å². The summed E-state index contributed by atoms with van der Waals surface area (Å²) in [6, 6.07) is 2.54. The summed E-state index contributed by atoms with van der Waals surface area (Å²) in [5.41, 5.74) is 0.275. The smallest absolute Gasteiger partial charge is 0.226 e. The lowest BCUT2D eigenvalue weighted by Gasteiger charge is -2.23. The predicted molar refractivity (Wildman–Crippen MR) is 82.6 cm³/mol. The Kier molecular flexibility index (Phi) is 7.37. The van der Waals surface area contributed by atoms with Crippen molar-refractivity contribution in [2.24, 2.45) is 0 Å². The third-order valence-electron chi connectivity index (χ3n) is 3.18. The zero-order valence-corrected chi connectivity index (χ0v) is 13.3. The number of rotatable bonds is 5. The number of hydrogen-bond donors (Lipinski definition) is 2. The molecule has 124 valence electrons. The van der Waals surface area contributed by atoms with Crippen LogP contribution in [-0.4, -0.2) is 45.9 Å². The summed E-state index contributed by atoms with van der Waals surface area (Å²) in [5.74, 6) is -0.393. The molecule has 1 aromatic carbocycles. The molecule has 1 aliphatic rings. The summed E-state index contributed by atoms with van der Waals surface area (Å²) in [5, 5.41) is 5.83. The first-order valence-electron chi connectivity index (χ1n) is 6.66. The molecule has 0 aromatic heterocycles. The second-order valence-corrected chi connectivity index (χ2v) is 4.67. The summed E-state index contributed by atoms with van der Waals surface area (Å²) in [7, 11) is 2.81. The van der Waals surface area contributed by atoms with Crippen LogP contribution in [0.4, 0.5) is 10.1 Å². The van der Waals surface area contributed by atoms with E-state index in [0.29, 0.717) is 19.0 Å². The highest BCUT2D eigenvalue weighted by Crippen LogP contribution is 2.32. The number of anilines is 1. The van der Waals surface area contributed by atoms with Gasteiger partial charge in [-0.25, -0.2) is 4.39 Å². The summed E-state index contributed by atoms with van der Waals surface area (Å²) in [6.45, 7) is 1.86. The van der Waals surface area contributed by atoms with Crippen LogP contribution in [0.15, 0.2) is 12.1 Å². The minimum atomic E-state index is -0.562. The van der Waals surface area contributed by atoms with Crippen LogP contribution in [0.25, 0.3) is 0 Å². The Morgan fingerprint density at radius 3 is 2.73 bits per heavy atom. The van der Waals surface area contributed by atoms with Crippen molar-refractivity contribution in [2.75, 3.05) is 39.3 Å². The van der Waals surface area contributed by atoms with Crippen LogP contribution >= 0.6 is 12.4 Å². The standard InChI is InChI=1S/C14H19FN2O4.ClH/c1-19-12-7-13(20-2)11(6-10(12)15)17-14(18)5-9-8-21-4-3-16-9;/h6-7,9,16H,3-5,8H2,1-2H3,(H,17,18);1H. The van der Waals surface area contributed by atoms with Gasteiger partial charge in [0.1, 0.15) is 5.75 Å². The van der Waals surface area contributed by atoms with Gasteiger partial charge < -0.3 is 24.8 Å². The molecule has 1 heterocycles. The van der Waals surface area contributed by atoms with Crippen LogP contribution in [0.5, 0.6) is 11.5 Å². The number of nitrogens with one attached hydrogen (secondary N) is 2. The quantitative estimate of drug-likeness (QED) is 0.855. The van der Waals surface area contributed by atoms with Crippen molar-refractivity contribution in [1.29, 1.82) is 0 Å². The first kappa shape index (κ1) is 18.5. The number of benzene rings is 1. The van der Waals surface area contributed by atoms with Crippen molar-refractivity contribution in [3.63, 3.8) is 0 Å². The zero-order chi connectivity index (χ0) is 15.2. The highest BCUT2D eigenvalue weighted by atomic mass is 35.5. The number of carbonyl (C=O) groups is 1. The van der Waals surface area contributed by atoms with Gasteiger partial charge in [-0.3, -0.25) is 4.79 Å². The maximum Gasteiger partial charge on any atom is 0.226 e. The number of halogens is 2. The van der Waals surface area contributed by atoms with Crippen molar-refractivity contribution in [3.05, 3.63) is 17.9 Å². The molecular formula is C14H20ClFN2O4. The molecule has 1 saturated heterocycles. The average molecular weight is 335 g/mol. The van der Waals surface area contributed by atoms with E-state index < -0.39 is 5.82 Å². The lowest BCUT2D eigenvalue weighted by Crippen LogP contribution is -2.43. The van der Waals surface area contributed by atoms with Crippen molar-refractivity contribution < 1.29 is 23.4 Å². The normalized spacial score (nSPS) is 17.3. The van der Waals surface area contributed by atoms with Crippen LogP contribution < -0.4 is 20.1 Å². The Balaban J connectivity index is 0.00000242. The molecule has 0 aliphatic carbocycles. The van der Waals surface area contributed by atoms with E-state index in [1.807, 2.05) is 0 Å². The van der Waals surface area contributed by atoms with Gasteiger partial charge >= 0.3 is 0 Å². The van der Waals surface area contributed by atoms with Gasteiger partial charge in [0.2, 0.25) is 5.91 Å². The fraction of sp³-hybridized carbons (Fsp3) is 0.500. The molecule has 1 atom stereocenters. The van der Waals surface area contributed by atoms with Crippen molar-refractivity contribution in [1.82, 2.24) is 5.32 Å². The molecule has 1 unspecified atom stereocenters. The number of methoxy groups -OCH3 is 2. The molecule has 8 heteroatoms. The minimum Gasteiger partial charge on any atom is -0.494 e. The summed E-state index contributed by atoms with van der Waals surface area (Å²) in [6.07, 6.45) is 0.247. The SMILES string of the molecule is COc1cc(OC)c(NC(=O)CC2COCCN2)cc1F.Cl. The first-order valence-corrected chi connectivity index (χ1v) is 6.66. The molecule has 0 radical (unpaired) electrons. The van der Waals surface area contributed by atoms with Crippen LogP contribution in [-0.2, 0) is 9.53 Å². The Bertz CT molecular complexity index is 510. The second-order valence-electron chi connectivity index (χ2n) is 4.67. The van der Waals surface area contributed by atoms with Crippen molar-refractivity contribution in [3.8, 4) is 11.5 Å². The molecule has 0 spiro atoms. The maximum absolute atomic E-state index is 13.7. The maximum atomic E-state index is 13.7. The van der Waals surface area contributed by atoms with Crippen molar-refractivity contribution in [2.45, 2.75) is 12.5 Å². The van der Waals surface area contributed by atoms with Gasteiger partial charge in [-0.05, 0) is 0 Å². The number of ether oxygens (including phenoxy) is 3. The monoisotopic (exact) mass is 334 g/mol. The number of amides is 1. The Hall–Kier alpha value is -1.57. The predicted octanol–water partition coefficient (Wildman–Crippen LogP) is 1.58. The third kappa shape index (κ3) is 4.72. The van der Waals surface area contributed by atoms with Crippen LogP contribution in [0, 0.1) is 5.82 Å². The molecule has 6 nitrogen and oxygen atoms in total. The van der Waals surface area contributed by atoms with E-state index >= 15 is 0 Å². The van der Waals surface area contributed by atoms with Gasteiger partial charge in [-0.2, -0.15) is 0 Å². The molecule has 0 bridgehead atoms. The fourth-order valence-corrected chi connectivity index (χ4v) is 2.13. The van der Waals surface area contributed by atoms with E-state index in [-0.39, 0.29) is 42.2 Å². The average Bonchev–Trinajstić information content (AvgIpc) is 2.48. The minimum absolute atomic E-state index is 0. The molecule has 0 saturated carbocycles. The zero-order valence-electron chi connectivity index (χ0n) is 12.5. The molecule has 1 amide bonds. The number of hydrogen-bond acceptors (Lipinski definition) is 5. The summed E-state index contributed by atoms with van der Waals surface area (Å²) >= 11 is 0. The van der Waals surface area contributed by atoms with Crippen molar-refractivity contribution >= 4 is 24.0 Å². The number of carbonyl (C=O) groups excluding carboxylic acids is 1. The lowest BCUT2D eigenvalue weighted by atomic mass is 10.2. The fourth-order valence-electron chi connectivity index (χ4n) is 2.13. The van der Waals surface area contributed by atoms with Gasteiger partial charge in [-0.1, -0.05) is 0 Å². The molecule has 1 fully saturated rings. The van der Waals surface area contributed by atoms with Gasteiger partial charge in [0.25, 0.3) is 0 Å². The van der Waals surface area contributed by atoms with E-state index in [1.54, 1.807) is 0 Å². The molecular weight excluding hydrogens is 315 g/mol. The van der Waals surface area contributed by atoms with Gasteiger partial charge in [0.15, 0.2) is 11.6 Å². The summed E-state index contributed by atoms with van der Waals surface area (Å²) in [4.78, 5) is 12.0. The van der Waals surface area contributed by atoms with E-state index in [0.717, 1.165) is 6.54 Å². The van der Waals surface area contributed by atoms with E-state index in [9.17, 15) is 9.18 Å². The van der Waals surface area contributed by atoms with E-state index in [2.05, 4.69) is 10.6 Å².